The number of aromatic nitrogens is 1. The van der Waals surface area contributed by atoms with E-state index in [9.17, 15) is 22.4 Å². The lowest BCUT2D eigenvalue weighted by atomic mass is 9.67. The van der Waals surface area contributed by atoms with Gasteiger partial charge in [-0.05, 0) is 88.7 Å². The van der Waals surface area contributed by atoms with Gasteiger partial charge in [-0.25, -0.2) is 4.39 Å². The third-order valence-corrected chi connectivity index (χ3v) is 8.68. The van der Waals surface area contributed by atoms with Crippen molar-refractivity contribution < 1.29 is 27.1 Å². The highest BCUT2D eigenvalue weighted by Gasteiger charge is 2.58. The number of amides is 1. The molecule has 38 heavy (non-hydrogen) atoms. The highest BCUT2D eigenvalue weighted by Crippen LogP contribution is 2.53. The summed E-state index contributed by atoms with van der Waals surface area (Å²) in [6.07, 6.45) is 2.11. The van der Waals surface area contributed by atoms with Crippen molar-refractivity contribution in [2.75, 3.05) is 32.8 Å². The first kappa shape index (κ1) is 26.9. The molecule has 9 heteroatoms. The Morgan fingerprint density at radius 1 is 1.08 bits per heavy atom. The van der Waals surface area contributed by atoms with Crippen molar-refractivity contribution in [3.05, 3.63) is 47.9 Å². The van der Waals surface area contributed by atoms with E-state index in [1.165, 1.54) is 12.1 Å². The van der Waals surface area contributed by atoms with E-state index in [1.807, 2.05) is 11.8 Å². The number of likely N-dealkylation sites (tertiary alicyclic amines) is 2. The Labute approximate surface area is 221 Å². The van der Waals surface area contributed by atoms with Gasteiger partial charge in [0.1, 0.15) is 11.6 Å². The van der Waals surface area contributed by atoms with Gasteiger partial charge in [-0.15, -0.1) is 0 Å². The van der Waals surface area contributed by atoms with Gasteiger partial charge in [-0.2, -0.15) is 13.2 Å². The van der Waals surface area contributed by atoms with Crippen LogP contribution in [0.25, 0.3) is 11.3 Å². The van der Waals surface area contributed by atoms with Crippen LogP contribution in [0.1, 0.15) is 62.2 Å². The van der Waals surface area contributed by atoms with Gasteiger partial charge in [0.05, 0.1) is 29.5 Å². The maximum absolute atomic E-state index is 14.8. The van der Waals surface area contributed by atoms with Crippen molar-refractivity contribution in [2.24, 2.45) is 11.3 Å². The Balaban J connectivity index is 1.11. The van der Waals surface area contributed by atoms with E-state index in [0.29, 0.717) is 49.7 Å². The van der Waals surface area contributed by atoms with E-state index >= 15 is 0 Å². The molecule has 3 heterocycles. The van der Waals surface area contributed by atoms with Gasteiger partial charge in [0, 0.05) is 24.7 Å². The zero-order valence-corrected chi connectivity index (χ0v) is 21.8. The van der Waals surface area contributed by atoms with E-state index in [1.54, 1.807) is 29.3 Å². The molecule has 206 valence electrons. The number of pyridine rings is 1. The molecule has 1 aromatic carbocycles. The molecule has 0 N–H and O–H groups in total. The highest BCUT2D eigenvalue weighted by atomic mass is 19.4. The zero-order chi connectivity index (χ0) is 26.9. The molecule has 1 saturated carbocycles. The van der Waals surface area contributed by atoms with E-state index in [4.69, 9.17) is 4.74 Å². The van der Waals surface area contributed by atoms with Crippen LogP contribution in [-0.4, -0.2) is 65.7 Å². The number of carbonyl (C=O) groups is 1. The van der Waals surface area contributed by atoms with Gasteiger partial charge in [-0.1, -0.05) is 12.5 Å². The Morgan fingerprint density at radius 2 is 1.84 bits per heavy atom. The maximum atomic E-state index is 14.8. The molecule has 3 fully saturated rings. The molecule has 0 spiro atoms. The first-order chi connectivity index (χ1) is 18.1. The number of carbonyl (C=O) groups excluding carboxylic acids is 1. The normalized spacial score (nSPS) is 22.3. The summed E-state index contributed by atoms with van der Waals surface area (Å²) in [7, 11) is 0. The molecule has 0 radical (unpaired) electrons. The minimum Gasteiger partial charge on any atom is -0.492 e. The van der Waals surface area contributed by atoms with Crippen LogP contribution in [0.2, 0.25) is 0 Å². The molecule has 5 nitrogen and oxygen atoms in total. The molecule has 2 aliphatic heterocycles. The highest BCUT2D eigenvalue weighted by molar-refractivity contribution is 5.95. The topological polar surface area (TPSA) is 45.7 Å². The Bertz CT molecular complexity index is 1130. The second-order valence-corrected chi connectivity index (χ2v) is 11.2. The van der Waals surface area contributed by atoms with Gasteiger partial charge in [0.15, 0.2) is 0 Å². The average Bonchev–Trinajstić information content (AvgIpc) is 3.30. The summed E-state index contributed by atoms with van der Waals surface area (Å²) in [6.45, 7) is 4.55. The quantitative estimate of drug-likeness (QED) is 0.390. The van der Waals surface area contributed by atoms with E-state index in [-0.39, 0.29) is 42.8 Å². The van der Waals surface area contributed by atoms with Crippen LogP contribution in [-0.2, 0) is 0 Å². The summed E-state index contributed by atoms with van der Waals surface area (Å²) in [5.41, 5.74) is -0.271. The Morgan fingerprint density at radius 3 is 2.39 bits per heavy atom. The number of alkyl halides is 3. The van der Waals surface area contributed by atoms with Gasteiger partial charge in [0.2, 0.25) is 0 Å². The number of halogens is 4. The summed E-state index contributed by atoms with van der Waals surface area (Å²) in [6, 6.07) is 8.24. The summed E-state index contributed by atoms with van der Waals surface area (Å²) >= 11 is 0. The maximum Gasteiger partial charge on any atom is 0.395 e. The van der Waals surface area contributed by atoms with Crippen molar-refractivity contribution in [1.29, 1.82) is 0 Å². The molecule has 1 aromatic heterocycles. The monoisotopic (exact) mass is 533 g/mol. The number of ether oxygens (including phenoxy) is 1. The van der Waals surface area contributed by atoms with Gasteiger partial charge in [0.25, 0.3) is 5.91 Å². The molecule has 3 aliphatic rings. The summed E-state index contributed by atoms with van der Waals surface area (Å²) < 4.78 is 61.2. The lowest BCUT2D eigenvalue weighted by Crippen LogP contribution is -2.53. The standard InChI is InChI=1S/C29H35F4N3O2/c1-20-4-2-13-36(20)27(37)24-7-5-22(16-25(24)30)26-8-6-23(17-34-26)38-18-21-9-14-35(15-10-21)19-28(11-3-12-28)29(31,32)33/h5-8,16-17,20-21H,2-4,9-15,18-19H2,1H3/t20-/m0/s1. The number of hydrogen-bond acceptors (Lipinski definition) is 4. The summed E-state index contributed by atoms with van der Waals surface area (Å²) in [5.74, 6) is 0.0478. The third-order valence-electron chi connectivity index (χ3n) is 8.68. The van der Waals surface area contributed by atoms with Crippen molar-refractivity contribution in [3.8, 4) is 17.0 Å². The van der Waals surface area contributed by atoms with Crippen LogP contribution in [0.5, 0.6) is 5.75 Å². The van der Waals surface area contributed by atoms with Crippen LogP contribution in [0.4, 0.5) is 17.6 Å². The first-order valence-corrected chi connectivity index (χ1v) is 13.6. The Kier molecular flexibility index (Phi) is 7.67. The van der Waals surface area contributed by atoms with Crippen LogP contribution >= 0.6 is 0 Å². The predicted molar refractivity (Wildman–Crippen MR) is 136 cm³/mol. The number of piperidine rings is 1. The van der Waals surface area contributed by atoms with E-state index in [0.717, 1.165) is 25.7 Å². The van der Waals surface area contributed by atoms with Crippen molar-refractivity contribution in [1.82, 2.24) is 14.8 Å². The molecule has 0 unspecified atom stereocenters. The minimum atomic E-state index is -4.12. The number of hydrogen-bond donors (Lipinski definition) is 0. The van der Waals surface area contributed by atoms with Crippen molar-refractivity contribution in [2.45, 2.75) is 64.1 Å². The van der Waals surface area contributed by atoms with Crippen molar-refractivity contribution in [3.63, 3.8) is 0 Å². The van der Waals surface area contributed by atoms with Gasteiger partial charge >= 0.3 is 6.18 Å². The molecule has 2 saturated heterocycles. The number of rotatable bonds is 7. The van der Waals surface area contributed by atoms with E-state index < -0.39 is 17.4 Å². The fraction of sp³-hybridized carbons (Fsp3) is 0.586. The average molecular weight is 534 g/mol. The molecule has 0 bridgehead atoms. The molecule has 5 rings (SSSR count). The van der Waals surface area contributed by atoms with Gasteiger partial charge < -0.3 is 14.5 Å². The fourth-order valence-electron chi connectivity index (χ4n) is 5.96. The molecular weight excluding hydrogens is 498 g/mol. The predicted octanol–water partition coefficient (Wildman–Crippen LogP) is 6.34. The Hall–Kier alpha value is -2.68. The van der Waals surface area contributed by atoms with Gasteiger partial charge in [-0.3, -0.25) is 9.78 Å². The number of benzene rings is 1. The molecule has 2 aromatic rings. The second kappa shape index (κ2) is 10.8. The van der Waals surface area contributed by atoms with Crippen LogP contribution < -0.4 is 4.74 Å². The molecular formula is C29H35F4N3O2. The minimum absolute atomic E-state index is 0.0785. The van der Waals surface area contributed by atoms with Crippen LogP contribution in [0.3, 0.4) is 0 Å². The number of nitrogens with zero attached hydrogens (tertiary/aromatic N) is 3. The van der Waals surface area contributed by atoms with Crippen LogP contribution in [0, 0.1) is 17.2 Å². The third kappa shape index (κ3) is 5.53. The molecule has 1 atom stereocenters. The van der Waals surface area contributed by atoms with Crippen molar-refractivity contribution >= 4 is 5.91 Å². The summed E-state index contributed by atoms with van der Waals surface area (Å²) in [4.78, 5) is 20.8. The largest absolute Gasteiger partial charge is 0.492 e. The lowest BCUT2D eigenvalue weighted by molar-refractivity contribution is -0.256. The fourth-order valence-corrected chi connectivity index (χ4v) is 5.96. The second-order valence-electron chi connectivity index (χ2n) is 11.2. The lowest BCUT2D eigenvalue weighted by Gasteiger charge is -2.47. The summed E-state index contributed by atoms with van der Waals surface area (Å²) in [5, 5.41) is 0. The smallest absolute Gasteiger partial charge is 0.395 e. The SMILES string of the molecule is C[C@H]1CCCN1C(=O)c1ccc(-c2ccc(OCC3CCN(CC4(C(F)(F)F)CCC4)CC3)cn2)cc1F. The first-order valence-electron chi connectivity index (χ1n) is 13.6. The zero-order valence-electron chi connectivity index (χ0n) is 21.8. The van der Waals surface area contributed by atoms with E-state index in [2.05, 4.69) is 4.98 Å². The molecule has 1 aliphatic carbocycles. The molecule has 1 amide bonds. The van der Waals surface area contributed by atoms with Crippen LogP contribution in [0.15, 0.2) is 36.5 Å².